The topological polar surface area (TPSA) is 84.0 Å². The SMILES string of the molecule is C=CC(=O)Nc1cccc(-c2cc(-c3ccc(C(=O)Nc4cccc(C5CC5)c4)cc3)cc3cncnc23)c1. The molecule has 0 atom stereocenters. The van der Waals surface area contributed by atoms with Gasteiger partial charge in [-0.3, -0.25) is 9.59 Å². The number of rotatable bonds is 7. The fourth-order valence-corrected chi connectivity index (χ4v) is 4.75. The highest BCUT2D eigenvalue weighted by atomic mass is 16.2. The Morgan fingerprint density at radius 2 is 1.59 bits per heavy atom. The van der Waals surface area contributed by atoms with E-state index in [4.69, 9.17) is 0 Å². The second-order valence-electron chi connectivity index (χ2n) is 9.69. The van der Waals surface area contributed by atoms with Gasteiger partial charge in [0.1, 0.15) is 6.33 Å². The number of benzene rings is 4. The van der Waals surface area contributed by atoms with Crippen LogP contribution in [0.2, 0.25) is 0 Å². The number of amides is 2. The second-order valence-corrected chi connectivity index (χ2v) is 9.69. The predicted octanol–water partition coefficient (Wildman–Crippen LogP) is 7.22. The summed E-state index contributed by atoms with van der Waals surface area (Å²) in [5.74, 6) is 0.222. The molecule has 0 aliphatic heterocycles. The number of hydrogen-bond donors (Lipinski definition) is 2. The summed E-state index contributed by atoms with van der Waals surface area (Å²) in [6, 6.07) is 27.4. The molecule has 2 N–H and O–H groups in total. The van der Waals surface area contributed by atoms with E-state index >= 15 is 0 Å². The highest BCUT2D eigenvalue weighted by Gasteiger charge is 2.23. The molecular weight excluding hydrogens is 484 g/mol. The molecule has 1 aliphatic rings. The molecule has 6 nitrogen and oxygen atoms in total. The molecule has 1 heterocycles. The van der Waals surface area contributed by atoms with Gasteiger partial charge in [0.05, 0.1) is 5.52 Å². The average molecular weight is 511 g/mol. The Morgan fingerprint density at radius 1 is 0.821 bits per heavy atom. The van der Waals surface area contributed by atoms with E-state index in [0.717, 1.165) is 38.8 Å². The second kappa shape index (κ2) is 10.3. The molecule has 0 unspecified atom stereocenters. The molecule has 5 aromatic rings. The predicted molar refractivity (Wildman–Crippen MR) is 156 cm³/mol. The van der Waals surface area contributed by atoms with Crippen LogP contribution in [-0.2, 0) is 4.79 Å². The van der Waals surface area contributed by atoms with E-state index < -0.39 is 0 Å². The fraction of sp³-hybridized carbons (Fsp3) is 0.0909. The van der Waals surface area contributed by atoms with Crippen LogP contribution in [0.25, 0.3) is 33.2 Å². The van der Waals surface area contributed by atoms with Crippen LogP contribution in [-0.4, -0.2) is 21.8 Å². The van der Waals surface area contributed by atoms with E-state index in [1.54, 1.807) is 6.20 Å². The largest absolute Gasteiger partial charge is 0.323 e. The van der Waals surface area contributed by atoms with Crippen molar-refractivity contribution < 1.29 is 9.59 Å². The highest BCUT2D eigenvalue weighted by molar-refractivity contribution is 6.05. The van der Waals surface area contributed by atoms with E-state index in [1.165, 1.54) is 30.8 Å². The third-order valence-corrected chi connectivity index (χ3v) is 6.91. The summed E-state index contributed by atoms with van der Waals surface area (Å²) >= 11 is 0. The van der Waals surface area contributed by atoms with Gasteiger partial charge in [0.15, 0.2) is 0 Å². The molecule has 1 fully saturated rings. The summed E-state index contributed by atoms with van der Waals surface area (Å²) in [6.07, 6.45) is 7.00. The standard InChI is InChI=1S/C33H26N4O2/c1-2-31(38)36-28-7-4-6-25(17-28)30-18-26(15-27-19-34-20-35-32(27)30)22-11-13-23(14-12-22)33(39)37-29-8-3-5-24(16-29)21-9-10-21/h2-8,11-21H,1,9-10H2,(H,36,38)(H,37,39). The van der Waals surface area contributed by atoms with Crippen molar-refractivity contribution in [3.8, 4) is 22.3 Å². The number of aromatic nitrogens is 2. The van der Waals surface area contributed by atoms with E-state index in [1.807, 2.05) is 66.7 Å². The number of carbonyl (C=O) groups excluding carboxylic acids is 2. The zero-order valence-electron chi connectivity index (χ0n) is 21.2. The Bertz CT molecular complexity index is 1720. The van der Waals surface area contributed by atoms with Gasteiger partial charge >= 0.3 is 0 Å². The zero-order chi connectivity index (χ0) is 26.8. The smallest absolute Gasteiger partial charge is 0.255 e. The van der Waals surface area contributed by atoms with Crippen LogP contribution in [0, 0.1) is 0 Å². The van der Waals surface area contributed by atoms with Crippen LogP contribution < -0.4 is 10.6 Å². The first-order valence-corrected chi connectivity index (χ1v) is 12.9. The monoisotopic (exact) mass is 510 g/mol. The number of nitrogens with zero attached hydrogens (tertiary/aromatic N) is 2. The maximum atomic E-state index is 12.9. The minimum Gasteiger partial charge on any atom is -0.323 e. The van der Waals surface area contributed by atoms with Gasteiger partial charge in [0.2, 0.25) is 5.91 Å². The van der Waals surface area contributed by atoms with Gasteiger partial charge in [0.25, 0.3) is 5.91 Å². The molecule has 1 saturated carbocycles. The van der Waals surface area contributed by atoms with Crippen LogP contribution in [0.5, 0.6) is 0 Å². The lowest BCUT2D eigenvalue weighted by molar-refractivity contribution is -0.111. The van der Waals surface area contributed by atoms with Gasteiger partial charge < -0.3 is 10.6 Å². The maximum absolute atomic E-state index is 12.9. The summed E-state index contributed by atoms with van der Waals surface area (Å²) in [4.78, 5) is 33.5. The molecule has 4 aromatic carbocycles. The molecule has 0 spiro atoms. The number of carbonyl (C=O) groups is 2. The summed E-state index contributed by atoms with van der Waals surface area (Å²) in [7, 11) is 0. The Hall–Kier alpha value is -5.10. The van der Waals surface area contributed by atoms with Crippen molar-refractivity contribution in [2.24, 2.45) is 0 Å². The summed E-state index contributed by atoms with van der Waals surface area (Å²) in [6.45, 7) is 3.52. The van der Waals surface area contributed by atoms with Crippen molar-refractivity contribution in [2.75, 3.05) is 10.6 Å². The molecule has 190 valence electrons. The van der Waals surface area contributed by atoms with Crippen molar-refractivity contribution in [1.82, 2.24) is 9.97 Å². The van der Waals surface area contributed by atoms with Crippen molar-refractivity contribution in [1.29, 1.82) is 0 Å². The van der Waals surface area contributed by atoms with Crippen LogP contribution >= 0.6 is 0 Å². The third kappa shape index (κ3) is 5.31. The molecule has 1 aliphatic carbocycles. The van der Waals surface area contributed by atoms with Crippen LogP contribution in [0.4, 0.5) is 11.4 Å². The summed E-state index contributed by atoms with van der Waals surface area (Å²) < 4.78 is 0. The van der Waals surface area contributed by atoms with Crippen molar-refractivity contribution in [3.63, 3.8) is 0 Å². The van der Waals surface area contributed by atoms with Crippen LogP contribution in [0.15, 0.2) is 110 Å². The van der Waals surface area contributed by atoms with Crippen molar-refractivity contribution in [2.45, 2.75) is 18.8 Å². The first-order valence-electron chi connectivity index (χ1n) is 12.9. The average Bonchev–Trinajstić information content (AvgIpc) is 3.83. The Kier molecular flexibility index (Phi) is 6.43. The van der Waals surface area contributed by atoms with Gasteiger partial charge in [0, 0.05) is 34.1 Å². The van der Waals surface area contributed by atoms with Gasteiger partial charge in [-0.25, -0.2) is 9.97 Å². The van der Waals surface area contributed by atoms with Gasteiger partial charge in [-0.15, -0.1) is 0 Å². The first kappa shape index (κ1) is 24.2. The number of anilines is 2. The Morgan fingerprint density at radius 3 is 2.36 bits per heavy atom. The summed E-state index contributed by atoms with van der Waals surface area (Å²) in [5, 5.41) is 6.73. The molecule has 1 aromatic heterocycles. The highest BCUT2D eigenvalue weighted by Crippen LogP contribution is 2.40. The Balaban J connectivity index is 1.30. The van der Waals surface area contributed by atoms with Gasteiger partial charge in [-0.1, -0.05) is 43.0 Å². The molecule has 0 saturated heterocycles. The minimum absolute atomic E-state index is 0.138. The van der Waals surface area contributed by atoms with E-state index in [2.05, 4.69) is 45.4 Å². The molecule has 0 bridgehead atoms. The number of hydrogen-bond acceptors (Lipinski definition) is 4. The summed E-state index contributed by atoms with van der Waals surface area (Å²) in [5.41, 5.74) is 7.93. The van der Waals surface area contributed by atoms with Gasteiger partial charge in [-0.05, 0) is 95.6 Å². The van der Waals surface area contributed by atoms with Gasteiger partial charge in [-0.2, -0.15) is 0 Å². The molecule has 39 heavy (non-hydrogen) atoms. The normalized spacial score (nSPS) is 12.6. The third-order valence-electron chi connectivity index (χ3n) is 6.91. The van der Waals surface area contributed by atoms with Crippen LogP contribution in [0.3, 0.4) is 0 Å². The molecule has 0 radical (unpaired) electrons. The first-order chi connectivity index (χ1) is 19.1. The zero-order valence-corrected chi connectivity index (χ0v) is 21.2. The van der Waals surface area contributed by atoms with Crippen molar-refractivity contribution in [3.05, 3.63) is 121 Å². The lowest BCUT2D eigenvalue weighted by Crippen LogP contribution is -2.11. The lowest BCUT2D eigenvalue weighted by Gasteiger charge is -2.12. The molecule has 2 amide bonds. The lowest BCUT2D eigenvalue weighted by atomic mass is 9.95. The quantitative estimate of drug-likeness (QED) is 0.227. The van der Waals surface area contributed by atoms with E-state index in [0.29, 0.717) is 17.2 Å². The van der Waals surface area contributed by atoms with E-state index in [9.17, 15) is 9.59 Å². The minimum atomic E-state index is -0.271. The fourth-order valence-electron chi connectivity index (χ4n) is 4.75. The van der Waals surface area contributed by atoms with Crippen LogP contribution in [0.1, 0.15) is 34.7 Å². The van der Waals surface area contributed by atoms with Crippen molar-refractivity contribution >= 4 is 34.1 Å². The molecule has 6 rings (SSSR count). The van der Waals surface area contributed by atoms with E-state index in [-0.39, 0.29) is 11.8 Å². The molecule has 6 heteroatoms. The molecular formula is C33H26N4O2. The Labute approximate surface area is 226 Å². The number of fused-ring (bicyclic) bond motifs is 1. The maximum Gasteiger partial charge on any atom is 0.255 e. The number of nitrogens with one attached hydrogen (secondary N) is 2.